The van der Waals surface area contributed by atoms with Gasteiger partial charge in [-0.05, 0) is 38.3 Å². The van der Waals surface area contributed by atoms with Crippen LogP contribution in [-0.4, -0.2) is 61.2 Å². The van der Waals surface area contributed by atoms with Crippen molar-refractivity contribution >= 4 is 11.9 Å². The Bertz CT molecular complexity index is 545. The Morgan fingerprint density at radius 1 is 1.23 bits per heavy atom. The number of hydrogen-bond acceptors (Lipinski definition) is 4. The van der Waals surface area contributed by atoms with Crippen molar-refractivity contribution in [2.45, 2.75) is 32.6 Å². The van der Waals surface area contributed by atoms with Gasteiger partial charge in [-0.15, -0.1) is 0 Å². The summed E-state index contributed by atoms with van der Waals surface area (Å²) in [6, 6.07) is 5.71. The first-order valence-corrected chi connectivity index (χ1v) is 9.49. The van der Waals surface area contributed by atoms with Gasteiger partial charge in [0.15, 0.2) is 0 Å². The highest BCUT2D eigenvalue weighted by Gasteiger charge is 2.26. The molecule has 0 saturated carbocycles. The number of pyridine rings is 1. The van der Waals surface area contributed by atoms with Crippen LogP contribution in [0.4, 0.5) is 4.79 Å². The number of piperidine rings is 1. The molecule has 1 aromatic heterocycles. The molecular weight excluding hydrogens is 332 g/mol. The van der Waals surface area contributed by atoms with E-state index in [2.05, 4.69) is 15.6 Å². The van der Waals surface area contributed by atoms with Crippen LogP contribution < -0.4 is 10.6 Å². The number of carbonyl (C=O) groups is 2. The molecule has 0 radical (unpaired) electrons. The zero-order chi connectivity index (χ0) is 18.6. The van der Waals surface area contributed by atoms with Crippen molar-refractivity contribution in [1.82, 2.24) is 20.5 Å². The van der Waals surface area contributed by atoms with Crippen molar-refractivity contribution in [3.63, 3.8) is 0 Å². The highest BCUT2D eigenvalue weighted by Crippen LogP contribution is 2.17. The Labute approximate surface area is 155 Å². The molecule has 2 rings (SSSR count). The molecule has 2 heterocycles. The van der Waals surface area contributed by atoms with E-state index in [0.717, 1.165) is 12.1 Å². The van der Waals surface area contributed by atoms with Gasteiger partial charge in [0.1, 0.15) is 0 Å². The fraction of sp³-hybridized carbons (Fsp3) is 0.632. The number of aromatic nitrogens is 1. The summed E-state index contributed by atoms with van der Waals surface area (Å²) in [5.74, 6) is 0.0939. The van der Waals surface area contributed by atoms with E-state index in [0.29, 0.717) is 58.7 Å². The SMILES string of the molecule is CCOCCCNC(=O)C1CCN(C(=O)NCCc2ccccn2)CC1. The van der Waals surface area contributed by atoms with Crippen LogP contribution in [0.1, 0.15) is 31.9 Å². The third-order valence-electron chi connectivity index (χ3n) is 4.51. The highest BCUT2D eigenvalue weighted by molar-refractivity contribution is 5.79. The van der Waals surface area contributed by atoms with Crippen molar-refractivity contribution in [3.8, 4) is 0 Å². The smallest absolute Gasteiger partial charge is 0.317 e. The maximum absolute atomic E-state index is 12.2. The summed E-state index contributed by atoms with van der Waals surface area (Å²) in [4.78, 5) is 30.4. The van der Waals surface area contributed by atoms with Gasteiger partial charge >= 0.3 is 6.03 Å². The lowest BCUT2D eigenvalue weighted by Crippen LogP contribution is -2.47. The molecule has 1 aromatic rings. The van der Waals surface area contributed by atoms with Gasteiger partial charge < -0.3 is 20.3 Å². The normalized spacial score (nSPS) is 14.9. The van der Waals surface area contributed by atoms with Gasteiger partial charge in [-0.3, -0.25) is 9.78 Å². The molecule has 0 spiro atoms. The Morgan fingerprint density at radius 2 is 2.04 bits per heavy atom. The summed E-state index contributed by atoms with van der Waals surface area (Å²) >= 11 is 0. The van der Waals surface area contributed by atoms with Crippen LogP contribution in [-0.2, 0) is 16.0 Å². The van der Waals surface area contributed by atoms with Gasteiger partial charge in [-0.2, -0.15) is 0 Å². The van der Waals surface area contributed by atoms with Crippen molar-refractivity contribution in [3.05, 3.63) is 30.1 Å². The Morgan fingerprint density at radius 3 is 2.73 bits per heavy atom. The van der Waals surface area contributed by atoms with Gasteiger partial charge in [-0.25, -0.2) is 4.79 Å². The monoisotopic (exact) mass is 362 g/mol. The van der Waals surface area contributed by atoms with Crippen LogP contribution >= 0.6 is 0 Å². The summed E-state index contributed by atoms with van der Waals surface area (Å²) in [5, 5.41) is 5.89. The number of hydrogen-bond donors (Lipinski definition) is 2. The van der Waals surface area contributed by atoms with Crippen molar-refractivity contribution in [2.24, 2.45) is 5.92 Å². The minimum atomic E-state index is -0.0588. The van der Waals surface area contributed by atoms with E-state index >= 15 is 0 Å². The first-order valence-electron chi connectivity index (χ1n) is 9.49. The Balaban J connectivity index is 1.59. The number of nitrogens with one attached hydrogen (secondary N) is 2. The van der Waals surface area contributed by atoms with Crippen LogP contribution in [0.25, 0.3) is 0 Å². The number of carbonyl (C=O) groups excluding carboxylic acids is 2. The molecule has 2 N–H and O–H groups in total. The molecule has 7 heteroatoms. The largest absolute Gasteiger partial charge is 0.382 e. The number of likely N-dealkylation sites (tertiary alicyclic amines) is 1. The summed E-state index contributed by atoms with van der Waals surface area (Å²) in [6.45, 7) is 5.79. The molecule has 1 saturated heterocycles. The van der Waals surface area contributed by atoms with Crippen LogP contribution in [0.3, 0.4) is 0 Å². The Kier molecular flexibility index (Phi) is 8.89. The lowest BCUT2D eigenvalue weighted by molar-refractivity contribution is -0.126. The standard InChI is InChI=1S/C19H30N4O3/c1-2-26-15-5-11-21-18(24)16-8-13-23(14-9-16)19(25)22-12-7-17-6-3-4-10-20-17/h3-4,6,10,16H,2,5,7-9,11-15H2,1H3,(H,21,24)(H,22,25). The van der Waals surface area contributed by atoms with Crippen LogP contribution in [0, 0.1) is 5.92 Å². The first-order chi connectivity index (χ1) is 12.7. The zero-order valence-electron chi connectivity index (χ0n) is 15.6. The fourth-order valence-corrected chi connectivity index (χ4v) is 2.97. The molecule has 0 aliphatic carbocycles. The number of rotatable bonds is 9. The van der Waals surface area contributed by atoms with E-state index in [-0.39, 0.29) is 17.9 Å². The second-order valence-corrected chi connectivity index (χ2v) is 6.41. The summed E-state index contributed by atoms with van der Waals surface area (Å²) in [6.07, 6.45) is 4.73. The average molecular weight is 362 g/mol. The topological polar surface area (TPSA) is 83.6 Å². The van der Waals surface area contributed by atoms with Gasteiger partial charge in [0.05, 0.1) is 0 Å². The maximum Gasteiger partial charge on any atom is 0.317 e. The zero-order valence-corrected chi connectivity index (χ0v) is 15.6. The van der Waals surface area contributed by atoms with E-state index in [1.807, 2.05) is 25.1 Å². The van der Waals surface area contributed by atoms with Crippen molar-refractivity contribution in [1.29, 1.82) is 0 Å². The van der Waals surface area contributed by atoms with Gasteiger partial charge in [-0.1, -0.05) is 6.07 Å². The van der Waals surface area contributed by atoms with Crippen molar-refractivity contribution in [2.75, 3.05) is 39.4 Å². The molecule has 1 aliphatic heterocycles. The van der Waals surface area contributed by atoms with E-state index in [1.54, 1.807) is 11.1 Å². The van der Waals surface area contributed by atoms with Crippen LogP contribution in [0.2, 0.25) is 0 Å². The predicted molar refractivity (Wildman–Crippen MR) is 99.8 cm³/mol. The molecule has 1 fully saturated rings. The van der Waals surface area contributed by atoms with Gasteiger partial charge in [0.25, 0.3) is 0 Å². The van der Waals surface area contributed by atoms with E-state index in [4.69, 9.17) is 4.74 Å². The lowest BCUT2D eigenvalue weighted by atomic mass is 9.96. The fourth-order valence-electron chi connectivity index (χ4n) is 2.97. The molecule has 1 aliphatic rings. The summed E-state index contributed by atoms with van der Waals surface area (Å²) < 4.78 is 5.26. The Hall–Kier alpha value is -2.15. The van der Waals surface area contributed by atoms with E-state index in [9.17, 15) is 9.59 Å². The minimum Gasteiger partial charge on any atom is -0.382 e. The quantitative estimate of drug-likeness (QED) is 0.654. The van der Waals surface area contributed by atoms with Crippen LogP contribution in [0.15, 0.2) is 24.4 Å². The lowest BCUT2D eigenvalue weighted by Gasteiger charge is -2.31. The average Bonchev–Trinajstić information content (AvgIpc) is 2.68. The third kappa shape index (κ3) is 7.00. The maximum atomic E-state index is 12.2. The second-order valence-electron chi connectivity index (χ2n) is 6.41. The van der Waals surface area contributed by atoms with Gasteiger partial charge in [0, 0.05) is 63.6 Å². The summed E-state index contributed by atoms with van der Waals surface area (Å²) in [5.41, 5.74) is 0.965. The minimum absolute atomic E-state index is 0.000313. The molecule has 0 unspecified atom stereocenters. The molecule has 7 nitrogen and oxygen atoms in total. The number of urea groups is 1. The number of ether oxygens (including phenoxy) is 1. The molecule has 144 valence electrons. The first kappa shape index (κ1) is 20.2. The molecule has 26 heavy (non-hydrogen) atoms. The number of nitrogens with zero attached hydrogens (tertiary/aromatic N) is 2. The van der Waals surface area contributed by atoms with E-state index < -0.39 is 0 Å². The van der Waals surface area contributed by atoms with Gasteiger partial charge in [0.2, 0.25) is 5.91 Å². The van der Waals surface area contributed by atoms with Crippen molar-refractivity contribution < 1.29 is 14.3 Å². The second kappa shape index (κ2) is 11.5. The molecule has 0 aromatic carbocycles. The molecular formula is C19H30N4O3. The highest BCUT2D eigenvalue weighted by atomic mass is 16.5. The van der Waals surface area contributed by atoms with Crippen LogP contribution in [0.5, 0.6) is 0 Å². The van der Waals surface area contributed by atoms with E-state index in [1.165, 1.54) is 0 Å². The third-order valence-corrected chi connectivity index (χ3v) is 4.51. The molecule has 0 bridgehead atoms. The number of amides is 3. The predicted octanol–water partition coefficient (Wildman–Crippen LogP) is 1.59. The summed E-state index contributed by atoms with van der Waals surface area (Å²) in [7, 11) is 0. The molecule has 3 amide bonds. The molecule has 0 atom stereocenters.